The maximum atomic E-state index is 13.3. The summed E-state index contributed by atoms with van der Waals surface area (Å²) in [5.74, 6) is 1.10. The molecule has 1 atom stereocenters. The van der Waals surface area contributed by atoms with Crippen molar-refractivity contribution in [3.63, 3.8) is 0 Å². The van der Waals surface area contributed by atoms with Crippen LogP contribution in [-0.2, 0) is 4.79 Å². The lowest BCUT2D eigenvalue weighted by molar-refractivity contribution is -0.138. The number of hydrogen-bond donors (Lipinski definition) is 0. The van der Waals surface area contributed by atoms with E-state index in [1.54, 1.807) is 12.3 Å². The third-order valence-electron chi connectivity index (χ3n) is 6.34. The number of rotatable bonds is 2. The molecule has 3 aliphatic rings. The molecule has 0 bridgehead atoms. The zero-order valence-electron chi connectivity index (χ0n) is 14.8. The number of aromatic nitrogens is 1. The van der Waals surface area contributed by atoms with E-state index in [-0.39, 0.29) is 5.41 Å². The summed E-state index contributed by atoms with van der Waals surface area (Å²) in [5, 5.41) is 9.38. The van der Waals surface area contributed by atoms with E-state index in [1.807, 2.05) is 6.07 Å². The number of likely N-dealkylation sites (tertiary alicyclic amines) is 1. The van der Waals surface area contributed by atoms with E-state index in [2.05, 4.69) is 20.9 Å². The van der Waals surface area contributed by atoms with Crippen LogP contribution in [0.2, 0.25) is 0 Å². The lowest BCUT2D eigenvalue weighted by Gasteiger charge is -2.40. The Balaban J connectivity index is 1.54. The molecule has 3 heterocycles. The van der Waals surface area contributed by atoms with Crippen LogP contribution < -0.4 is 4.90 Å². The molecule has 0 N–H and O–H groups in total. The van der Waals surface area contributed by atoms with Gasteiger partial charge in [0.2, 0.25) is 5.91 Å². The van der Waals surface area contributed by atoms with Crippen molar-refractivity contribution in [1.82, 2.24) is 9.88 Å². The summed E-state index contributed by atoms with van der Waals surface area (Å²) in [4.78, 5) is 22.1. The number of hydrogen-bond acceptors (Lipinski definition) is 4. The van der Waals surface area contributed by atoms with Crippen LogP contribution in [-0.4, -0.2) is 41.5 Å². The largest absolute Gasteiger partial charge is 0.354 e. The second-order valence-corrected chi connectivity index (χ2v) is 7.83. The summed E-state index contributed by atoms with van der Waals surface area (Å²) in [6.45, 7) is 2.50. The molecule has 1 amide bonds. The van der Waals surface area contributed by atoms with Gasteiger partial charge in [-0.1, -0.05) is 19.3 Å². The quantitative estimate of drug-likeness (QED) is 0.831. The minimum Gasteiger partial charge on any atom is -0.354 e. The van der Waals surface area contributed by atoms with Gasteiger partial charge in [0.15, 0.2) is 0 Å². The van der Waals surface area contributed by atoms with Crippen molar-refractivity contribution < 1.29 is 4.79 Å². The Morgan fingerprint density at radius 2 is 2.00 bits per heavy atom. The molecule has 5 heteroatoms. The van der Waals surface area contributed by atoms with Gasteiger partial charge >= 0.3 is 0 Å². The van der Waals surface area contributed by atoms with Gasteiger partial charge in [-0.2, -0.15) is 5.26 Å². The van der Waals surface area contributed by atoms with Gasteiger partial charge in [0, 0.05) is 31.9 Å². The maximum absolute atomic E-state index is 13.3. The minimum atomic E-state index is -0.264. The molecule has 1 unspecified atom stereocenters. The third kappa shape index (κ3) is 2.88. The molecule has 2 saturated heterocycles. The first-order chi connectivity index (χ1) is 12.2. The highest BCUT2D eigenvalue weighted by Crippen LogP contribution is 2.43. The number of nitrogens with zero attached hydrogens (tertiary/aromatic N) is 4. The van der Waals surface area contributed by atoms with Gasteiger partial charge in [-0.25, -0.2) is 4.98 Å². The molecule has 25 heavy (non-hydrogen) atoms. The number of anilines is 1. The Kier molecular flexibility index (Phi) is 4.37. The van der Waals surface area contributed by atoms with E-state index < -0.39 is 0 Å². The molecule has 0 radical (unpaired) electrons. The van der Waals surface area contributed by atoms with E-state index >= 15 is 0 Å². The van der Waals surface area contributed by atoms with Crippen molar-refractivity contribution in [3.05, 3.63) is 23.9 Å². The van der Waals surface area contributed by atoms with Crippen LogP contribution in [0.15, 0.2) is 18.3 Å². The van der Waals surface area contributed by atoms with Gasteiger partial charge in [0.05, 0.1) is 11.0 Å². The monoisotopic (exact) mass is 338 g/mol. The van der Waals surface area contributed by atoms with Crippen molar-refractivity contribution in [2.24, 2.45) is 5.41 Å². The maximum Gasteiger partial charge on any atom is 0.230 e. The smallest absolute Gasteiger partial charge is 0.230 e. The molecule has 1 aromatic rings. The first-order valence-electron chi connectivity index (χ1n) is 9.65. The van der Waals surface area contributed by atoms with Crippen LogP contribution in [0.25, 0.3) is 0 Å². The van der Waals surface area contributed by atoms with Crippen molar-refractivity contribution in [2.45, 2.75) is 57.4 Å². The molecule has 0 aromatic carbocycles. The van der Waals surface area contributed by atoms with Crippen molar-refractivity contribution >= 4 is 11.7 Å². The zero-order chi connectivity index (χ0) is 17.3. The second-order valence-electron chi connectivity index (χ2n) is 7.83. The first kappa shape index (κ1) is 16.4. The molecule has 1 saturated carbocycles. The molecule has 132 valence electrons. The minimum absolute atomic E-state index is 0.264. The highest BCUT2D eigenvalue weighted by molar-refractivity contribution is 5.86. The predicted molar refractivity (Wildman–Crippen MR) is 96.0 cm³/mol. The lowest BCUT2D eigenvalue weighted by Crippen LogP contribution is -2.50. The number of piperidine rings is 1. The summed E-state index contributed by atoms with van der Waals surface area (Å²) >= 11 is 0. The predicted octanol–water partition coefficient (Wildman–Crippen LogP) is 3.10. The zero-order valence-corrected chi connectivity index (χ0v) is 14.8. The fraction of sp³-hybridized carbons (Fsp3) is 0.650. The molecule has 2 aliphatic heterocycles. The molecule has 1 spiro atoms. The van der Waals surface area contributed by atoms with E-state index in [0.29, 0.717) is 24.1 Å². The Morgan fingerprint density at radius 1 is 1.16 bits per heavy atom. The Labute approximate surface area is 149 Å². The van der Waals surface area contributed by atoms with Crippen LogP contribution in [0.5, 0.6) is 0 Å². The summed E-state index contributed by atoms with van der Waals surface area (Å²) in [7, 11) is 0. The lowest BCUT2D eigenvalue weighted by atomic mass is 9.78. The number of carbonyl (C=O) groups excluding carboxylic acids is 1. The van der Waals surface area contributed by atoms with Crippen LogP contribution in [0.3, 0.4) is 0 Å². The van der Waals surface area contributed by atoms with E-state index in [1.165, 1.54) is 32.1 Å². The SMILES string of the molecule is N#Cc1cccnc1N1CCCC2(CCN(C3CCCCC3)C2=O)C1. The molecule has 1 aliphatic carbocycles. The Hall–Kier alpha value is -2.09. The second kappa shape index (κ2) is 6.67. The number of nitriles is 1. The summed E-state index contributed by atoms with van der Waals surface area (Å²) in [5.41, 5.74) is 0.342. The summed E-state index contributed by atoms with van der Waals surface area (Å²) < 4.78 is 0. The van der Waals surface area contributed by atoms with Gasteiger partial charge in [-0.3, -0.25) is 4.79 Å². The highest BCUT2D eigenvalue weighted by Gasteiger charge is 2.50. The standard InChI is InChI=1S/C20H26N4O/c21-14-16-6-4-11-22-18(16)23-12-5-9-20(15-23)10-13-24(19(20)25)17-7-2-1-3-8-17/h4,6,11,17H,1-3,5,7-10,12-13,15H2. The molecular weight excluding hydrogens is 312 g/mol. The van der Waals surface area contributed by atoms with Crippen LogP contribution in [0, 0.1) is 16.7 Å². The Bertz CT molecular complexity index is 691. The number of pyridine rings is 1. The Morgan fingerprint density at radius 3 is 2.80 bits per heavy atom. The number of amides is 1. The third-order valence-corrected chi connectivity index (χ3v) is 6.34. The van der Waals surface area contributed by atoms with Crippen LogP contribution in [0.1, 0.15) is 56.9 Å². The molecule has 5 nitrogen and oxygen atoms in total. The molecule has 4 rings (SSSR count). The van der Waals surface area contributed by atoms with Gasteiger partial charge in [0.25, 0.3) is 0 Å². The van der Waals surface area contributed by atoms with Crippen molar-refractivity contribution in [1.29, 1.82) is 5.26 Å². The van der Waals surface area contributed by atoms with Gasteiger partial charge < -0.3 is 9.80 Å². The van der Waals surface area contributed by atoms with Crippen LogP contribution >= 0.6 is 0 Å². The van der Waals surface area contributed by atoms with E-state index in [0.717, 1.165) is 38.2 Å². The van der Waals surface area contributed by atoms with E-state index in [9.17, 15) is 10.1 Å². The van der Waals surface area contributed by atoms with Gasteiger partial charge in [0.1, 0.15) is 11.9 Å². The van der Waals surface area contributed by atoms with Crippen molar-refractivity contribution in [3.8, 4) is 6.07 Å². The fourth-order valence-electron chi connectivity index (χ4n) is 5.02. The van der Waals surface area contributed by atoms with Gasteiger partial charge in [-0.05, 0) is 44.2 Å². The topological polar surface area (TPSA) is 60.2 Å². The summed E-state index contributed by atoms with van der Waals surface area (Å²) in [6.07, 6.45) is 10.8. The molecule has 3 fully saturated rings. The molecular formula is C20H26N4O. The summed E-state index contributed by atoms with van der Waals surface area (Å²) in [6, 6.07) is 6.32. The fourth-order valence-corrected chi connectivity index (χ4v) is 5.02. The average Bonchev–Trinajstić information content (AvgIpc) is 2.98. The average molecular weight is 338 g/mol. The van der Waals surface area contributed by atoms with Crippen LogP contribution in [0.4, 0.5) is 5.82 Å². The normalized spacial score (nSPS) is 27.7. The van der Waals surface area contributed by atoms with Crippen molar-refractivity contribution in [2.75, 3.05) is 24.5 Å². The van der Waals surface area contributed by atoms with E-state index in [4.69, 9.17) is 0 Å². The number of carbonyl (C=O) groups is 1. The highest BCUT2D eigenvalue weighted by atomic mass is 16.2. The first-order valence-corrected chi connectivity index (χ1v) is 9.65. The molecule has 1 aromatic heterocycles. The van der Waals surface area contributed by atoms with Gasteiger partial charge in [-0.15, -0.1) is 0 Å².